The molecule has 7 heteroatoms. The quantitative estimate of drug-likeness (QED) is 0.791. The fourth-order valence-electron chi connectivity index (χ4n) is 1.96. The summed E-state index contributed by atoms with van der Waals surface area (Å²) in [5, 5.41) is 10.5. The van der Waals surface area contributed by atoms with Gasteiger partial charge in [0.2, 0.25) is 0 Å². The van der Waals surface area contributed by atoms with Crippen molar-refractivity contribution in [1.29, 1.82) is 0 Å². The Morgan fingerprint density at radius 3 is 2.67 bits per heavy atom. The van der Waals surface area contributed by atoms with Crippen LogP contribution < -0.4 is 16.3 Å². The largest absolute Gasteiger partial charge is 0.444 e. The predicted octanol–water partition coefficient (Wildman–Crippen LogP) is 1.92. The maximum atomic E-state index is 12.0. The second-order valence-corrected chi connectivity index (χ2v) is 5.86. The number of carbonyl (C=O) groups excluding carboxylic acids is 1. The minimum Gasteiger partial charge on any atom is -0.444 e. The Hall–Kier alpha value is -2.15. The number of ether oxygens (including phenoxy) is 1. The number of nitrogens with one attached hydrogen (secondary N) is 3. The van der Waals surface area contributed by atoms with Crippen LogP contribution in [0, 0.1) is 0 Å². The van der Waals surface area contributed by atoms with Crippen molar-refractivity contribution in [2.75, 3.05) is 0 Å². The van der Waals surface area contributed by atoms with Crippen molar-refractivity contribution >= 4 is 6.09 Å². The van der Waals surface area contributed by atoms with Gasteiger partial charge in [-0.1, -0.05) is 35.6 Å². The molecule has 7 nitrogen and oxygen atoms in total. The fraction of sp³-hybridized carbons (Fsp3) is 0.500. The highest BCUT2D eigenvalue weighted by Gasteiger charge is 2.27. The summed E-state index contributed by atoms with van der Waals surface area (Å²) in [6.45, 7) is 5.48. The lowest BCUT2D eigenvalue weighted by molar-refractivity contribution is 0.0493. The van der Waals surface area contributed by atoms with Crippen LogP contribution in [0.3, 0.4) is 0 Å². The molecule has 1 aliphatic heterocycles. The van der Waals surface area contributed by atoms with Crippen molar-refractivity contribution in [3.8, 4) is 0 Å². The maximum Gasteiger partial charge on any atom is 0.408 e. The number of nitrogens with zero attached hydrogens (tertiary/aromatic N) is 2. The number of carbonyl (C=O) groups is 1. The Morgan fingerprint density at radius 2 is 2.10 bits per heavy atom. The first kappa shape index (κ1) is 15.2. The fourth-order valence-corrected chi connectivity index (χ4v) is 1.96. The average Bonchev–Trinajstić information content (AvgIpc) is 2.90. The average molecular weight is 291 g/mol. The first-order chi connectivity index (χ1) is 9.94. The van der Waals surface area contributed by atoms with E-state index in [1.807, 2.05) is 51.1 Å². The van der Waals surface area contributed by atoms with Crippen LogP contribution in [0.25, 0.3) is 0 Å². The van der Waals surface area contributed by atoms with Gasteiger partial charge in [-0.3, -0.25) is 0 Å². The number of alkyl carbamates (subject to hydrolysis) is 1. The van der Waals surface area contributed by atoms with Gasteiger partial charge >= 0.3 is 6.09 Å². The van der Waals surface area contributed by atoms with Gasteiger partial charge in [0.15, 0.2) is 6.17 Å². The van der Waals surface area contributed by atoms with Crippen LogP contribution in [0.15, 0.2) is 40.7 Å². The number of hydrazine groups is 1. The Morgan fingerprint density at radius 1 is 1.38 bits per heavy atom. The van der Waals surface area contributed by atoms with Crippen LogP contribution >= 0.6 is 0 Å². The Balaban J connectivity index is 2.02. The van der Waals surface area contributed by atoms with E-state index in [1.165, 1.54) is 0 Å². The highest BCUT2D eigenvalue weighted by molar-refractivity contribution is 5.68. The van der Waals surface area contributed by atoms with E-state index in [-0.39, 0.29) is 12.2 Å². The lowest BCUT2D eigenvalue weighted by atomic mass is 10.0. The molecular weight excluding hydrogens is 270 g/mol. The molecule has 0 fully saturated rings. The number of amides is 1. The van der Waals surface area contributed by atoms with Crippen LogP contribution in [0.1, 0.15) is 26.3 Å². The van der Waals surface area contributed by atoms with Gasteiger partial charge in [0.25, 0.3) is 0 Å². The smallest absolute Gasteiger partial charge is 0.408 e. The van der Waals surface area contributed by atoms with Crippen LogP contribution in [0.2, 0.25) is 0 Å². The van der Waals surface area contributed by atoms with Crippen molar-refractivity contribution in [3.63, 3.8) is 0 Å². The third kappa shape index (κ3) is 5.03. The van der Waals surface area contributed by atoms with Gasteiger partial charge in [0.1, 0.15) is 5.60 Å². The third-order valence-electron chi connectivity index (χ3n) is 2.83. The first-order valence-corrected chi connectivity index (χ1v) is 6.88. The zero-order valence-electron chi connectivity index (χ0n) is 12.5. The minimum absolute atomic E-state index is 0.263. The molecule has 1 unspecified atom stereocenters. The number of hydrogen-bond acceptors (Lipinski definition) is 6. The number of rotatable bonds is 4. The van der Waals surface area contributed by atoms with Crippen LogP contribution in [-0.2, 0) is 11.2 Å². The van der Waals surface area contributed by atoms with E-state index >= 15 is 0 Å². The summed E-state index contributed by atoms with van der Waals surface area (Å²) in [6.07, 6.45) is -0.177. The number of hydrogen-bond donors (Lipinski definition) is 3. The lowest BCUT2D eigenvalue weighted by Crippen LogP contribution is -2.51. The third-order valence-corrected chi connectivity index (χ3v) is 2.83. The van der Waals surface area contributed by atoms with E-state index in [4.69, 9.17) is 4.74 Å². The summed E-state index contributed by atoms with van der Waals surface area (Å²) in [6, 6.07) is 9.62. The monoisotopic (exact) mass is 291 g/mol. The van der Waals surface area contributed by atoms with Gasteiger partial charge in [-0.2, -0.15) is 5.43 Å². The van der Waals surface area contributed by atoms with E-state index in [9.17, 15) is 4.79 Å². The van der Waals surface area contributed by atoms with Crippen LogP contribution in [0.4, 0.5) is 4.79 Å². The van der Waals surface area contributed by atoms with Gasteiger partial charge in [-0.25, -0.2) is 10.3 Å². The second kappa shape index (κ2) is 6.53. The molecule has 21 heavy (non-hydrogen) atoms. The molecular formula is C14H21N5O2. The SMILES string of the molecule is CC(C)(C)OC(=O)N[C@@H](Cc1ccccc1)C1N=NNN1. The van der Waals surface area contributed by atoms with Crippen molar-refractivity contribution in [2.24, 2.45) is 10.3 Å². The van der Waals surface area contributed by atoms with Crippen LogP contribution in [0.5, 0.6) is 0 Å². The zero-order valence-corrected chi connectivity index (χ0v) is 12.5. The van der Waals surface area contributed by atoms with E-state index < -0.39 is 11.7 Å². The van der Waals surface area contributed by atoms with Crippen molar-refractivity contribution in [3.05, 3.63) is 35.9 Å². The molecule has 0 aliphatic carbocycles. The molecule has 1 aromatic rings. The standard InChI is InChI=1S/C14H21N5O2/c1-14(2,3)21-13(20)15-11(12-16-18-19-17-12)9-10-7-5-4-6-8-10/h4-8,11-12H,9H2,1-3H3,(H,15,20)(H,16,19)(H,17,18)/t11-/m0/s1. The van der Waals surface area contributed by atoms with E-state index in [0.717, 1.165) is 5.56 Å². The molecule has 1 heterocycles. The highest BCUT2D eigenvalue weighted by atomic mass is 16.6. The molecule has 1 aromatic carbocycles. The molecule has 0 spiro atoms. The summed E-state index contributed by atoms with van der Waals surface area (Å²) in [7, 11) is 0. The molecule has 0 aromatic heterocycles. The Kier molecular flexibility index (Phi) is 4.74. The molecule has 0 bridgehead atoms. The topological polar surface area (TPSA) is 87.1 Å². The molecule has 0 saturated carbocycles. The highest BCUT2D eigenvalue weighted by Crippen LogP contribution is 2.11. The normalized spacial score (nSPS) is 18.9. The second-order valence-electron chi connectivity index (χ2n) is 5.86. The summed E-state index contributed by atoms with van der Waals surface area (Å²) >= 11 is 0. The Labute approximate surface area is 124 Å². The van der Waals surface area contributed by atoms with Gasteiger partial charge in [-0.15, -0.1) is 5.11 Å². The molecule has 114 valence electrons. The molecule has 0 saturated heterocycles. The molecule has 2 rings (SSSR count). The maximum absolute atomic E-state index is 12.0. The number of benzene rings is 1. The summed E-state index contributed by atoms with van der Waals surface area (Å²) in [5.41, 5.74) is 6.03. The molecule has 3 N–H and O–H groups in total. The summed E-state index contributed by atoms with van der Waals surface area (Å²) in [5.74, 6) is 0. The van der Waals surface area contributed by atoms with Crippen molar-refractivity contribution in [1.82, 2.24) is 16.3 Å². The van der Waals surface area contributed by atoms with Crippen molar-refractivity contribution in [2.45, 2.75) is 45.0 Å². The van der Waals surface area contributed by atoms with Gasteiger partial charge in [0.05, 0.1) is 6.04 Å². The lowest BCUT2D eigenvalue weighted by Gasteiger charge is -2.25. The zero-order chi connectivity index (χ0) is 15.3. The van der Waals surface area contributed by atoms with Crippen LogP contribution in [-0.4, -0.2) is 23.9 Å². The van der Waals surface area contributed by atoms with Gasteiger partial charge in [0, 0.05) is 0 Å². The molecule has 0 radical (unpaired) electrons. The van der Waals surface area contributed by atoms with Gasteiger partial charge < -0.3 is 10.1 Å². The predicted molar refractivity (Wildman–Crippen MR) is 78.2 cm³/mol. The molecule has 1 amide bonds. The summed E-state index contributed by atoms with van der Waals surface area (Å²) < 4.78 is 5.29. The van der Waals surface area contributed by atoms with E-state index in [2.05, 4.69) is 26.6 Å². The van der Waals surface area contributed by atoms with Gasteiger partial charge in [-0.05, 0) is 32.8 Å². The molecule has 1 aliphatic rings. The first-order valence-electron chi connectivity index (χ1n) is 6.88. The Bertz CT molecular complexity index is 498. The van der Waals surface area contributed by atoms with E-state index in [0.29, 0.717) is 6.42 Å². The van der Waals surface area contributed by atoms with Crippen molar-refractivity contribution < 1.29 is 9.53 Å². The van der Waals surface area contributed by atoms with E-state index in [1.54, 1.807) is 0 Å². The summed E-state index contributed by atoms with van der Waals surface area (Å²) in [4.78, 5) is 12.0. The molecule has 2 atom stereocenters. The minimum atomic E-state index is -0.537.